The number of unbranched alkanes of at least 4 members (excludes halogenated alkanes) is 2. The fraction of sp³-hybridized carbons (Fsp3) is 0.923. The number of carbonyl (C=O) groups is 1. The summed E-state index contributed by atoms with van der Waals surface area (Å²) < 4.78 is 0. The fourth-order valence-corrected chi connectivity index (χ4v) is 1.81. The number of aliphatic hydroxyl groups is 1. The van der Waals surface area contributed by atoms with E-state index in [0.717, 1.165) is 38.8 Å². The topological polar surface area (TPSA) is 52.6 Å². The highest BCUT2D eigenvalue weighted by Gasteiger charge is 2.19. The first-order chi connectivity index (χ1) is 8.17. The lowest BCUT2D eigenvalue weighted by atomic mass is 10.2. The van der Waals surface area contributed by atoms with Crippen LogP contribution in [0, 0.1) is 0 Å². The predicted molar refractivity (Wildman–Crippen MR) is 70.9 cm³/mol. The molecule has 0 saturated carbocycles. The van der Waals surface area contributed by atoms with Crippen LogP contribution in [0.1, 0.15) is 46.5 Å². The maximum atomic E-state index is 11.9. The van der Waals surface area contributed by atoms with E-state index in [4.69, 9.17) is 5.11 Å². The molecule has 0 aliphatic rings. The molecule has 4 nitrogen and oxygen atoms in total. The summed E-state index contributed by atoms with van der Waals surface area (Å²) >= 11 is 0. The van der Waals surface area contributed by atoms with Gasteiger partial charge in [0, 0.05) is 13.1 Å². The molecule has 0 heterocycles. The number of hydrogen-bond donors (Lipinski definition) is 2. The summed E-state index contributed by atoms with van der Waals surface area (Å²) in [5.41, 5.74) is 0. The highest BCUT2D eigenvalue weighted by Crippen LogP contribution is 2.01. The molecule has 0 saturated heterocycles. The molecule has 0 rings (SSSR count). The van der Waals surface area contributed by atoms with Crippen LogP contribution in [0.5, 0.6) is 0 Å². The van der Waals surface area contributed by atoms with E-state index in [9.17, 15) is 4.79 Å². The van der Waals surface area contributed by atoms with Crippen LogP contribution in [0.25, 0.3) is 0 Å². The average Bonchev–Trinajstić information content (AvgIpc) is 2.33. The molecule has 0 aliphatic heterocycles. The summed E-state index contributed by atoms with van der Waals surface area (Å²) in [5, 5.41) is 11.9. The summed E-state index contributed by atoms with van der Waals surface area (Å²) in [4.78, 5) is 13.9. The van der Waals surface area contributed by atoms with Crippen molar-refractivity contribution in [1.29, 1.82) is 0 Å². The summed E-state index contributed by atoms with van der Waals surface area (Å²) in [6.07, 6.45) is 4.36. The smallest absolute Gasteiger partial charge is 0.237 e. The Morgan fingerprint density at radius 2 is 1.94 bits per heavy atom. The van der Waals surface area contributed by atoms with Crippen LogP contribution in [0.4, 0.5) is 0 Å². The Balaban J connectivity index is 3.97. The molecule has 0 aromatic carbocycles. The lowest BCUT2D eigenvalue weighted by Gasteiger charge is -2.27. The molecule has 0 radical (unpaired) electrons. The molecule has 1 unspecified atom stereocenters. The van der Waals surface area contributed by atoms with Crippen molar-refractivity contribution in [3.05, 3.63) is 0 Å². The molecule has 17 heavy (non-hydrogen) atoms. The molecule has 1 amide bonds. The van der Waals surface area contributed by atoms with Crippen molar-refractivity contribution in [3.63, 3.8) is 0 Å². The van der Waals surface area contributed by atoms with E-state index >= 15 is 0 Å². The van der Waals surface area contributed by atoms with E-state index in [2.05, 4.69) is 19.2 Å². The van der Waals surface area contributed by atoms with Gasteiger partial charge in [0.1, 0.15) is 0 Å². The van der Waals surface area contributed by atoms with E-state index in [1.807, 2.05) is 11.8 Å². The van der Waals surface area contributed by atoms with E-state index in [0.29, 0.717) is 6.54 Å². The van der Waals surface area contributed by atoms with Gasteiger partial charge in [-0.15, -0.1) is 0 Å². The highest BCUT2D eigenvalue weighted by atomic mass is 16.3. The van der Waals surface area contributed by atoms with Crippen molar-refractivity contribution in [2.45, 2.75) is 52.5 Å². The van der Waals surface area contributed by atoms with Gasteiger partial charge in [-0.25, -0.2) is 0 Å². The van der Waals surface area contributed by atoms with Gasteiger partial charge in [0.05, 0.1) is 12.6 Å². The van der Waals surface area contributed by atoms with Crippen molar-refractivity contribution in [2.24, 2.45) is 0 Å². The average molecular weight is 244 g/mol. The second-order valence-corrected chi connectivity index (χ2v) is 4.43. The fourth-order valence-electron chi connectivity index (χ4n) is 1.81. The van der Waals surface area contributed by atoms with Crippen molar-refractivity contribution in [1.82, 2.24) is 10.2 Å². The van der Waals surface area contributed by atoms with Gasteiger partial charge in [0.15, 0.2) is 0 Å². The van der Waals surface area contributed by atoms with Gasteiger partial charge in [0.25, 0.3) is 0 Å². The molecule has 2 N–H and O–H groups in total. The number of carbonyl (C=O) groups excluding carboxylic acids is 1. The maximum absolute atomic E-state index is 11.9. The van der Waals surface area contributed by atoms with Gasteiger partial charge in [-0.1, -0.05) is 26.7 Å². The van der Waals surface area contributed by atoms with Gasteiger partial charge in [-0.2, -0.15) is 0 Å². The number of nitrogens with zero attached hydrogens (tertiary/aromatic N) is 1. The summed E-state index contributed by atoms with van der Waals surface area (Å²) in [7, 11) is 0. The van der Waals surface area contributed by atoms with Crippen LogP contribution >= 0.6 is 0 Å². The zero-order chi connectivity index (χ0) is 13.1. The van der Waals surface area contributed by atoms with Crippen molar-refractivity contribution < 1.29 is 9.90 Å². The van der Waals surface area contributed by atoms with Gasteiger partial charge < -0.3 is 10.4 Å². The number of hydrogen-bond acceptors (Lipinski definition) is 3. The summed E-state index contributed by atoms with van der Waals surface area (Å²) in [6.45, 7) is 8.41. The van der Waals surface area contributed by atoms with Gasteiger partial charge in [0.2, 0.25) is 5.91 Å². The second-order valence-electron chi connectivity index (χ2n) is 4.43. The number of rotatable bonds is 10. The molecule has 0 aromatic rings. The summed E-state index contributed by atoms with van der Waals surface area (Å²) in [5.74, 6) is 0.0722. The van der Waals surface area contributed by atoms with E-state index in [1.54, 1.807) is 0 Å². The van der Waals surface area contributed by atoms with Crippen LogP contribution in [-0.2, 0) is 4.79 Å². The quantitative estimate of drug-likeness (QED) is 0.571. The molecule has 0 spiro atoms. The minimum absolute atomic E-state index is 0.0722. The molecular weight excluding hydrogens is 216 g/mol. The largest absolute Gasteiger partial charge is 0.395 e. The van der Waals surface area contributed by atoms with Crippen LogP contribution < -0.4 is 5.32 Å². The Hall–Kier alpha value is -0.610. The number of amides is 1. The van der Waals surface area contributed by atoms with Gasteiger partial charge in [-0.3, -0.25) is 9.69 Å². The number of aliphatic hydroxyl groups excluding tert-OH is 1. The Morgan fingerprint density at radius 3 is 2.47 bits per heavy atom. The van der Waals surface area contributed by atoms with Gasteiger partial charge in [-0.05, 0) is 26.3 Å². The SMILES string of the molecule is CCCCCNC(=O)C(C)N(CCC)CCO. The third kappa shape index (κ3) is 7.34. The van der Waals surface area contributed by atoms with Crippen LogP contribution in [0.15, 0.2) is 0 Å². The maximum Gasteiger partial charge on any atom is 0.237 e. The molecule has 0 aliphatic carbocycles. The van der Waals surface area contributed by atoms with Crippen molar-refractivity contribution >= 4 is 5.91 Å². The Bertz CT molecular complexity index is 192. The molecule has 0 aromatic heterocycles. The first kappa shape index (κ1) is 16.4. The van der Waals surface area contributed by atoms with E-state index in [-0.39, 0.29) is 18.6 Å². The monoisotopic (exact) mass is 244 g/mol. The lowest BCUT2D eigenvalue weighted by Crippen LogP contribution is -2.46. The standard InChI is InChI=1S/C13H28N2O2/c1-4-6-7-8-14-13(17)12(3)15(9-5-2)10-11-16/h12,16H,4-11H2,1-3H3,(H,14,17). The second kappa shape index (κ2) is 10.5. The molecule has 102 valence electrons. The third-order valence-electron chi connectivity index (χ3n) is 2.90. The molecule has 0 fully saturated rings. The Labute approximate surface area is 105 Å². The molecule has 1 atom stereocenters. The lowest BCUT2D eigenvalue weighted by molar-refractivity contribution is -0.126. The minimum Gasteiger partial charge on any atom is -0.395 e. The van der Waals surface area contributed by atoms with Crippen molar-refractivity contribution in [3.8, 4) is 0 Å². The van der Waals surface area contributed by atoms with Crippen LogP contribution in [0.2, 0.25) is 0 Å². The highest BCUT2D eigenvalue weighted by molar-refractivity contribution is 5.81. The van der Waals surface area contributed by atoms with Crippen LogP contribution in [0.3, 0.4) is 0 Å². The number of nitrogens with one attached hydrogen (secondary N) is 1. The third-order valence-corrected chi connectivity index (χ3v) is 2.90. The molecule has 4 heteroatoms. The minimum atomic E-state index is -0.149. The zero-order valence-electron chi connectivity index (χ0n) is 11.5. The van der Waals surface area contributed by atoms with Gasteiger partial charge >= 0.3 is 0 Å². The molecule has 0 bridgehead atoms. The Kier molecular flexibility index (Phi) is 10.2. The first-order valence-electron chi connectivity index (χ1n) is 6.79. The summed E-state index contributed by atoms with van der Waals surface area (Å²) in [6, 6.07) is -0.149. The normalized spacial score (nSPS) is 12.8. The zero-order valence-corrected chi connectivity index (χ0v) is 11.5. The van der Waals surface area contributed by atoms with Crippen molar-refractivity contribution in [2.75, 3.05) is 26.2 Å². The predicted octanol–water partition coefficient (Wildman–Crippen LogP) is 1.39. The molecular formula is C13H28N2O2. The van der Waals surface area contributed by atoms with Crippen LogP contribution in [-0.4, -0.2) is 48.2 Å². The first-order valence-corrected chi connectivity index (χ1v) is 6.79. The Morgan fingerprint density at radius 1 is 1.24 bits per heavy atom. The van der Waals surface area contributed by atoms with E-state index in [1.165, 1.54) is 0 Å². The van der Waals surface area contributed by atoms with E-state index < -0.39 is 0 Å².